The summed E-state index contributed by atoms with van der Waals surface area (Å²) in [6.07, 6.45) is -1.21. The number of nitrogens with zero attached hydrogens (tertiary/aromatic N) is 5. The summed E-state index contributed by atoms with van der Waals surface area (Å²) in [5, 5.41) is 2.44. The van der Waals surface area contributed by atoms with Crippen LogP contribution in [0.25, 0.3) is 11.3 Å². The van der Waals surface area contributed by atoms with Crippen molar-refractivity contribution in [3.05, 3.63) is 60.2 Å². The molecule has 1 N–H and O–H groups in total. The van der Waals surface area contributed by atoms with Gasteiger partial charge in [0, 0.05) is 42.8 Å². The maximum absolute atomic E-state index is 12.6. The van der Waals surface area contributed by atoms with E-state index in [0.29, 0.717) is 32.7 Å². The molecule has 1 aliphatic heterocycles. The van der Waals surface area contributed by atoms with Gasteiger partial charge in [0.1, 0.15) is 23.9 Å². The first-order chi connectivity index (χ1) is 16.6. The van der Waals surface area contributed by atoms with E-state index in [1.54, 1.807) is 37.5 Å². The van der Waals surface area contributed by atoms with Crippen molar-refractivity contribution in [1.29, 1.82) is 0 Å². The van der Waals surface area contributed by atoms with Crippen LogP contribution in [0.15, 0.2) is 48.8 Å². The van der Waals surface area contributed by atoms with E-state index in [9.17, 15) is 22.8 Å². The molecule has 0 spiro atoms. The number of hydrogen-bond acceptors (Lipinski definition) is 6. The van der Waals surface area contributed by atoms with Gasteiger partial charge in [-0.25, -0.2) is 19.5 Å². The standard InChI is InChI=1S/C23H21F3N6O3/c1-14-3-4-16(12-28-14)18-11-17(7-8-27-18)35-19-5-6-20(29-15(19)2)30-21(33)32-10-9-31(22(32)34)13-23(24,25)26/h3-8,11-12H,9-10,13H2,1-2H3,(H,29,30,33). The third-order valence-corrected chi connectivity index (χ3v) is 5.15. The predicted octanol–water partition coefficient (Wildman–Crippen LogP) is 4.78. The minimum atomic E-state index is -4.54. The molecule has 0 unspecified atom stereocenters. The number of halogens is 3. The Morgan fingerprint density at radius 1 is 1.11 bits per heavy atom. The Labute approximate surface area is 198 Å². The molecule has 0 atom stereocenters. The molecule has 3 aromatic rings. The quantitative estimate of drug-likeness (QED) is 0.557. The molecule has 12 heteroatoms. The topological polar surface area (TPSA) is 101 Å². The van der Waals surface area contributed by atoms with Crippen molar-refractivity contribution in [3.63, 3.8) is 0 Å². The van der Waals surface area contributed by atoms with Gasteiger partial charge in [-0.1, -0.05) is 0 Å². The van der Waals surface area contributed by atoms with Crippen molar-refractivity contribution < 1.29 is 27.5 Å². The van der Waals surface area contributed by atoms with Crippen LogP contribution in [0.3, 0.4) is 0 Å². The highest BCUT2D eigenvalue weighted by Gasteiger charge is 2.40. The predicted molar refractivity (Wildman–Crippen MR) is 120 cm³/mol. The number of aromatic nitrogens is 3. The number of rotatable bonds is 5. The van der Waals surface area contributed by atoms with Crippen LogP contribution in [-0.2, 0) is 0 Å². The van der Waals surface area contributed by atoms with Crippen LogP contribution >= 0.6 is 0 Å². The molecule has 0 saturated carbocycles. The zero-order chi connectivity index (χ0) is 25.2. The highest BCUT2D eigenvalue weighted by atomic mass is 19.4. The zero-order valence-corrected chi connectivity index (χ0v) is 18.8. The molecule has 0 bridgehead atoms. The summed E-state index contributed by atoms with van der Waals surface area (Å²) in [6.45, 7) is 1.81. The van der Waals surface area contributed by atoms with Gasteiger partial charge in [0.05, 0.1) is 11.4 Å². The summed E-state index contributed by atoms with van der Waals surface area (Å²) in [4.78, 5) is 38.7. The number of carbonyl (C=O) groups excluding carboxylic acids is 2. The van der Waals surface area contributed by atoms with Gasteiger partial charge in [0.25, 0.3) is 0 Å². The third-order valence-electron chi connectivity index (χ3n) is 5.15. The largest absolute Gasteiger partial charge is 0.455 e. The van der Waals surface area contributed by atoms with Crippen LogP contribution in [0.5, 0.6) is 11.5 Å². The molecule has 182 valence electrons. The van der Waals surface area contributed by atoms with Crippen molar-refractivity contribution >= 4 is 17.9 Å². The Kier molecular flexibility index (Phi) is 6.54. The lowest BCUT2D eigenvalue weighted by atomic mass is 10.2. The van der Waals surface area contributed by atoms with E-state index in [-0.39, 0.29) is 18.9 Å². The number of nitrogens with one attached hydrogen (secondary N) is 1. The number of anilines is 1. The Balaban J connectivity index is 1.41. The number of carbonyl (C=O) groups is 2. The molecule has 4 rings (SSSR count). The van der Waals surface area contributed by atoms with Crippen molar-refractivity contribution in [2.24, 2.45) is 0 Å². The molecular formula is C23H21F3N6O3. The molecule has 35 heavy (non-hydrogen) atoms. The van der Waals surface area contributed by atoms with E-state index in [4.69, 9.17) is 4.74 Å². The first kappa shape index (κ1) is 23.9. The number of imide groups is 1. The molecule has 1 fully saturated rings. The Morgan fingerprint density at radius 2 is 1.91 bits per heavy atom. The minimum Gasteiger partial charge on any atom is -0.455 e. The number of pyridine rings is 3. The normalized spacial score (nSPS) is 13.8. The number of ether oxygens (including phenoxy) is 1. The second kappa shape index (κ2) is 9.57. The van der Waals surface area contributed by atoms with Gasteiger partial charge in [-0.15, -0.1) is 0 Å². The Morgan fingerprint density at radius 3 is 2.60 bits per heavy atom. The van der Waals surface area contributed by atoms with Gasteiger partial charge < -0.3 is 9.64 Å². The van der Waals surface area contributed by atoms with Crippen LogP contribution in [0, 0.1) is 13.8 Å². The second-order valence-electron chi connectivity index (χ2n) is 7.85. The maximum Gasteiger partial charge on any atom is 0.406 e. The number of hydrogen-bond donors (Lipinski definition) is 1. The van der Waals surface area contributed by atoms with Crippen LogP contribution < -0.4 is 10.1 Å². The highest BCUT2D eigenvalue weighted by Crippen LogP contribution is 2.28. The van der Waals surface area contributed by atoms with Gasteiger partial charge in [-0.2, -0.15) is 13.2 Å². The monoisotopic (exact) mass is 486 g/mol. The molecule has 0 radical (unpaired) electrons. The fourth-order valence-electron chi connectivity index (χ4n) is 3.42. The van der Waals surface area contributed by atoms with Crippen LogP contribution in [0.1, 0.15) is 11.4 Å². The third kappa shape index (κ3) is 5.83. The summed E-state index contributed by atoms with van der Waals surface area (Å²) >= 11 is 0. The average molecular weight is 486 g/mol. The SMILES string of the molecule is Cc1ccc(-c2cc(Oc3ccc(NC(=O)N4CCN(CC(F)(F)F)C4=O)nc3C)ccn2)cn1. The molecule has 0 aromatic carbocycles. The van der Waals surface area contributed by atoms with E-state index in [2.05, 4.69) is 20.3 Å². The van der Waals surface area contributed by atoms with E-state index < -0.39 is 24.8 Å². The van der Waals surface area contributed by atoms with Crippen molar-refractivity contribution in [1.82, 2.24) is 24.8 Å². The molecule has 0 aliphatic carbocycles. The smallest absolute Gasteiger partial charge is 0.406 e. The zero-order valence-electron chi connectivity index (χ0n) is 18.8. The van der Waals surface area contributed by atoms with Gasteiger partial charge in [-0.3, -0.25) is 15.3 Å². The van der Waals surface area contributed by atoms with Gasteiger partial charge in [0.2, 0.25) is 0 Å². The summed E-state index contributed by atoms with van der Waals surface area (Å²) in [6, 6.07) is 8.44. The maximum atomic E-state index is 12.6. The van der Waals surface area contributed by atoms with Crippen LogP contribution in [-0.4, -0.2) is 62.6 Å². The van der Waals surface area contributed by atoms with Crippen LogP contribution in [0.2, 0.25) is 0 Å². The molecule has 4 amide bonds. The summed E-state index contributed by atoms with van der Waals surface area (Å²) in [5.41, 5.74) is 2.85. The number of urea groups is 2. The van der Waals surface area contributed by atoms with Gasteiger partial charge >= 0.3 is 18.2 Å². The first-order valence-corrected chi connectivity index (χ1v) is 10.6. The summed E-state index contributed by atoms with van der Waals surface area (Å²) in [5.74, 6) is 1.07. The molecule has 1 saturated heterocycles. The van der Waals surface area contributed by atoms with Gasteiger partial charge in [0.15, 0.2) is 0 Å². The fourth-order valence-corrected chi connectivity index (χ4v) is 3.42. The summed E-state index contributed by atoms with van der Waals surface area (Å²) < 4.78 is 43.6. The van der Waals surface area contributed by atoms with E-state index in [0.717, 1.165) is 11.3 Å². The molecule has 4 heterocycles. The highest BCUT2D eigenvalue weighted by molar-refractivity contribution is 6.01. The summed E-state index contributed by atoms with van der Waals surface area (Å²) in [7, 11) is 0. The fraction of sp³-hybridized carbons (Fsp3) is 0.261. The number of amides is 4. The molecular weight excluding hydrogens is 465 g/mol. The van der Waals surface area contributed by atoms with Crippen molar-refractivity contribution in [3.8, 4) is 22.8 Å². The lowest BCUT2D eigenvalue weighted by Crippen LogP contribution is -2.41. The van der Waals surface area contributed by atoms with E-state index in [1.165, 1.54) is 6.07 Å². The Hall–Kier alpha value is -4.22. The number of aryl methyl sites for hydroxylation is 2. The average Bonchev–Trinajstić information content (AvgIpc) is 3.15. The Bertz CT molecular complexity index is 1250. The second-order valence-corrected chi connectivity index (χ2v) is 7.85. The minimum absolute atomic E-state index is 0.128. The number of alkyl halides is 3. The van der Waals surface area contributed by atoms with E-state index >= 15 is 0 Å². The van der Waals surface area contributed by atoms with Crippen molar-refractivity contribution in [2.45, 2.75) is 20.0 Å². The molecule has 1 aliphatic rings. The molecule has 3 aromatic heterocycles. The van der Waals surface area contributed by atoms with Crippen LogP contribution in [0.4, 0.5) is 28.6 Å². The molecule has 9 nitrogen and oxygen atoms in total. The van der Waals surface area contributed by atoms with E-state index in [1.807, 2.05) is 19.1 Å². The van der Waals surface area contributed by atoms with Gasteiger partial charge in [-0.05, 0) is 44.2 Å². The first-order valence-electron chi connectivity index (χ1n) is 10.6. The van der Waals surface area contributed by atoms with Crippen molar-refractivity contribution in [2.75, 3.05) is 25.0 Å². The lowest BCUT2D eigenvalue weighted by Gasteiger charge is -2.19. The lowest BCUT2D eigenvalue weighted by molar-refractivity contribution is -0.138.